The molecule has 3 rings (SSSR count). The predicted molar refractivity (Wildman–Crippen MR) is 77.9 cm³/mol. The van der Waals surface area contributed by atoms with Crippen LogP contribution in [0.15, 0.2) is 0 Å². The molecule has 0 aromatic rings. The van der Waals surface area contributed by atoms with Crippen LogP contribution in [0.25, 0.3) is 0 Å². The summed E-state index contributed by atoms with van der Waals surface area (Å²) in [5.74, 6) is 1.43. The van der Waals surface area contributed by atoms with E-state index in [1.807, 2.05) is 0 Å². The summed E-state index contributed by atoms with van der Waals surface area (Å²) < 4.78 is 17.5. The Kier molecular flexibility index (Phi) is 5.32. The molecule has 0 radical (unpaired) electrons. The lowest BCUT2D eigenvalue weighted by atomic mass is 9.78. The molecule has 0 amide bonds. The second-order valence-electron chi connectivity index (χ2n) is 6.57. The average molecular weight is 283 g/mol. The lowest BCUT2D eigenvalue weighted by Gasteiger charge is -2.38. The normalized spacial score (nSPS) is 30.9. The number of ether oxygens (including phenoxy) is 3. The van der Waals surface area contributed by atoms with E-state index < -0.39 is 0 Å². The van der Waals surface area contributed by atoms with Gasteiger partial charge in [-0.3, -0.25) is 0 Å². The summed E-state index contributed by atoms with van der Waals surface area (Å²) in [6.07, 6.45) is 7.09. The first-order chi connectivity index (χ1) is 9.89. The van der Waals surface area contributed by atoms with Crippen molar-refractivity contribution >= 4 is 0 Å². The topological polar surface area (TPSA) is 39.7 Å². The van der Waals surface area contributed by atoms with Gasteiger partial charge in [-0.15, -0.1) is 0 Å². The molecule has 0 aromatic heterocycles. The van der Waals surface area contributed by atoms with Crippen molar-refractivity contribution in [3.63, 3.8) is 0 Å². The largest absolute Gasteiger partial charge is 0.381 e. The fourth-order valence-corrected chi connectivity index (χ4v) is 3.98. The van der Waals surface area contributed by atoms with Crippen LogP contribution in [-0.4, -0.2) is 51.7 Å². The van der Waals surface area contributed by atoms with Crippen LogP contribution in [0.3, 0.4) is 0 Å². The van der Waals surface area contributed by atoms with Crippen LogP contribution in [0.2, 0.25) is 0 Å². The van der Waals surface area contributed by atoms with Gasteiger partial charge in [0.25, 0.3) is 0 Å². The molecule has 3 saturated heterocycles. The SMILES string of the molecule is C1CC2(CCN1)OCC[C@H]2CCOCC1CCOCC1. The molecule has 1 N–H and O–H groups in total. The van der Waals surface area contributed by atoms with Gasteiger partial charge in [0, 0.05) is 33.0 Å². The van der Waals surface area contributed by atoms with Crippen molar-refractivity contribution in [2.24, 2.45) is 11.8 Å². The van der Waals surface area contributed by atoms with Crippen LogP contribution in [0.4, 0.5) is 0 Å². The second-order valence-corrected chi connectivity index (χ2v) is 6.57. The number of nitrogens with one attached hydrogen (secondary N) is 1. The van der Waals surface area contributed by atoms with Crippen molar-refractivity contribution in [1.82, 2.24) is 5.32 Å². The Hall–Kier alpha value is -0.160. The molecule has 0 unspecified atom stereocenters. The molecule has 4 heteroatoms. The highest BCUT2D eigenvalue weighted by atomic mass is 16.5. The summed E-state index contributed by atoms with van der Waals surface area (Å²) in [5, 5.41) is 3.44. The van der Waals surface area contributed by atoms with Gasteiger partial charge in [-0.2, -0.15) is 0 Å². The number of hydrogen-bond donors (Lipinski definition) is 1. The van der Waals surface area contributed by atoms with Crippen LogP contribution < -0.4 is 5.32 Å². The quantitative estimate of drug-likeness (QED) is 0.783. The minimum absolute atomic E-state index is 0.174. The molecular weight excluding hydrogens is 254 g/mol. The number of hydrogen-bond acceptors (Lipinski definition) is 4. The van der Waals surface area contributed by atoms with Crippen LogP contribution in [0, 0.1) is 11.8 Å². The minimum atomic E-state index is 0.174. The highest BCUT2D eigenvalue weighted by Gasteiger charge is 2.44. The van der Waals surface area contributed by atoms with E-state index in [1.54, 1.807) is 0 Å². The van der Waals surface area contributed by atoms with Crippen molar-refractivity contribution in [2.45, 2.75) is 44.1 Å². The molecule has 20 heavy (non-hydrogen) atoms. The maximum Gasteiger partial charge on any atom is 0.0736 e. The van der Waals surface area contributed by atoms with Crippen molar-refractivity contribution in [2.75, 3.05) is 46.1 Å². The number of piperidine rings is 1. The summed E-state index contributed by atoms with van der Waals surface area (Å²) in [7, 11) is 0. The molecule has 0 saturated carbocycles. The van der Waals surface area contributed by atoms with E-state index in [0.29, 0.717) is 5.92 Å². The minimum Gasteiger partial charge on any atom is -0.381 e. The standard InChI is InChI=1S/C16H29NO3/c1-9-18-10-2-14(1)13-19-11-3-15-4-12-20-16(15)5-7-17-8-6-16/h14-15,17H,1-13H2/t15-/m1/s1. The van der Waals surface area contributed by atoms with E-state index in [1.165, 1.54) is 38.5 Å². The average Bonchev–Trinajstić information content (AvgIpc) is 2.88. The lowest BCUT2D eigenvalue weighted by molar-refractivity contribution is -0.0531. The van der Waals surface area contributed by atoms with E-state index in [4.69, 9.17) is 14.2 Å². The molecule has 3 aliphatic heterocycles. The van der Waals surface area contributed by atoms with Crippen molar-refractivity contribution in [3.8, 4) is 0 Å². The molecule has 3 fully saturated rings. The van der Waals surface area contributed by atoms with E-state index in [-0.39, 0.29) is 5.60 Å². The van der Waals surface area contributed by atoms with Gasteiger partial charge in [0.1, 0.15) is 0 Å². The van der Waals surface area contributed by atoms with Crippen molar-refractivity contribution in [1.29, 1.82) is 0 Å². The molecule has 0 aliphatic carbocycles. The summed E-state index contributed by atoms with van der Waals surface area (Å²) in [5.41, 5.74) is 0.174. The first kappa shape index (κ1) is 14.8. The van der Waals surface area contributed by atoms with Gasteiger partial charge in [0.15, 0.2) is 0 Å². The molecule has 116 valence electrons. The number of rotatable bonds is 5. The molecular formula is C16H29NO3. The Morgan fingerprint density at radius 3 is 2.65 bits per heavy atom. The fourth-order valence-electron chi connectivity index (χ4n) is 3.98. The zero-order valence-corrected chi connectivity index (χ0v) is 12.6. The van der Waals surface area contributed by atoms with Gasteiger partial charge in [-0.05, 0) is 63.5 Å². The van der Waals surface area contributed by atoms with Gasteiger partial charge in [0.05, 0.1) is 5.60 Å². The maximum atomic E-state index is 6.13. The molecule has 4 nitrogen and oxygen atoms in total. The first-order valence-corrected chi connectivity index (χ1v) is 8.39. The molecule has 3 heterocycles. The highest BCUT2D eigenvalue weighted by Crippen LogP contribution is 2.40. The van der Waals surface area contributed by atoms with Gasteiger partial charge in [-0.25, -0.2) is 0 Å². The third-order valence-electron chi connectivity index (χ3n) is 5.35. The lowest BCUT2D eigenvalue weighted by Crippen LogP contribution is -2.46. The summed E-state index contributed by atoms with van der Waals surface area (Å²) in [6.45, 7) is 6.83. The molecule has 0 aromatic carbocycles. The molecule has 0 bridgehead atoms. The van der Waals surface area contributed by atoms with Gasteiger partial charge in [-0.1, -0.05) is 0 Å². The fraction of sp³-hybridized carbons (Fsp3) is 1.00. The Bertz CT molecular complexity index is 285. The van der Waals surface area contributed by atoms with E-state index in [0.717, 1.165) is 52.0 Å². The van der Waals surface area contributed by atoms with Gasteiger partial charge in [0.2, 0.25) is 0 Å². The van der Waals surface area contributed by atoms with Crippen LogP contribution in [-0.2, 0) is 14.2 Å². The third-order valence-corrected chi connectivity index (χ3v) is 5.35. The molecule has 1 spiro atoms. The molecule has 3 aliphatic rings. The monoisotopic (exact) mass is 283 g/mol. The second kappa shape index (κ2) is 7.21. The third kappa shape index (κ3) is 3.53. The highest BCUT2D eigenvalue weighted by molar-refractivity contribution is 4.95. The smallest absolute Gasteiger partial charge is 0.0736 e. The predicted octanol–water partition coefficient (Wildman–Crippen LogP) is 1.98. The first-order valence-electron chi connectivity index (χ1n) is 8.39. The Labute approximate surface area is 122 Å². The summed E-state index contributed by atoms with van der Waals surface area (Å²) in [4.78, 5) is 0. The van der Waals surface area contributed by atoms with Crippen molar-refractivity contribution < 1.29 is 14.2 Å². The maximum absolute atomic E-state index is 6.13. The Morgan fingerprint density at radius 2 is 1.85 bits per heavy atom. The van der Waals surface area contributed by atoms with Crippen LogP contribution in [0.1, 0.15) is 38.5 Å². The van der Waals surface area contributed by atoms with E-state index in [9.17, 15) is 0 Å². The van der Waals surface area contributed by atoms with Crippen molar-refractivity contribution in [3.05, 3.63) is 0 Å². The van der Waals surface area contributed by atoms with Gasteiger partial charge >= 0.3 is 0 Å². The Morgan fingerprint density at radius 1 is 1.05 bits per heavy atom. The van der Waals surface area contributed by atoms with E-state index >= 15 is 0 Å². The zero-order chi connectivity index (χ0) is 13.7. The Balaban J connectivity index is 1.37. The van der Waals surface area contributed by atoms with Crippen LogP contribution >= 0.6 is 0 Å². The summed E-state index contributed by atoms with van der Waals surface area (Å²) in [6, 6.07) is 0. The zero-order valence-electron chi connectivity index (χ0n) is 12.6. The molecule has 1 atom stereocenters. The summed E-state index contributed by atoms with van der Waals surface area (Å²) >= 11 is 0. The van der Waals surface area contributed by atoms with Gasteiger partial charge < -0.3 is 19.5 Å². The van der Waals surface area contributed by atoms with Crippen LogP contribution in [0.5, 0.6) is 0 Å². The van der Waals surface area contributed by atoms with E-state index in [2.05, 4.69) is 5.32 Å².